The van der Waals surface area contributed by atoms with Crippen LogP contribution in [0, 0.1) is 0 Å². The van der Waals surface area contributed by atoms with Crippen molar-refractivity contribution in [2.45, 2.75) is 25.8 Å². The zero-order valence-electron chi connectivity index (χ0n) is 12.7. The van der Waals surface area contributed by atoms with Crippen molar-refractivity contribution >= 4 is 11.6 Å². The lowest BCUT2D eigenvalue weighted by Gasteiger charge is -2.35. The van der Waals surface area contributed by atoms with Gasteiger partial charge in [-0.15, -0.1) is 0 Å². The highest BCUT2D eigenvalue weighted by Gasteiger charge is 2.25. The van der Waals surface area contributed by atoms with E-state index in [2.05, 4.69) is 17.3 Å². The van der Waals surface area contributed by atoms with Gasteiger partial charge in [-0.1, -0.05) is 12.1 Å². The third-order valence-corrected chi connectivity index (χ3v) is 4.08. The Morgan fingerprint density at radius 3 is 2.65 bits per heavy atom. The number of carbonyl (C=O) groups excluding carboxylic acids is 1. The van der Waals surface area contributed by atoms with Crippen LogP contribution in [0.3, 0.4) is 0 Å². The molecule has 0 radical (unpaired) electrons. The Morgan fingerprint density at radius 2 is 2.00 bits per heavy atom. The summed E-state index contributed by atoms with van der Waals surface area (Å²) in [6.45, 7) is 5.00. The first-order chi connectivity index (χ1) is 9.63. The normalized spacial score (nSPS) is 16.9. The maximum Gasteiger partial charge on any atom is 0.255 e. The van der Waals surface area contributed by atoms with Crippen molar-refractivity contribution in [3.05, 3.63) is 29.8 Å². The summed E-state index contributed by atoms with van der Waals surface area (Å²) in [5.41, 5.74) is 1.70. The molecule has 4 nitrogen and oxygen atoms in total. The molecular weight excluding hydrogens is 250 g/mol. The highest BCUT2D eigenvalue weighted by atomic mass is 16.2. The van der Waals surface area contributed by atoms with Crippen LogP contribution in [0.25, 0.3) is 0 Å². The van der Waals surface area contributed by atoms with Crippen LogP contribution in [0.1, 0.15) is 30.1 Å². The van der Waals surface area contributed by atoms with Gasteiger partial charge in [0.25, 0.3) is 5.91 Å². The van der Waals surface area contributed by atoms with Crippen LogP contribution in [0.2, 0.25) is 0 Å². The summed E-state index contributed by atoms with van der Waals surface area (Å²) in [6, 6.07) is 8.12. The average Bonchev–Trinajstić information content (AvgIpc) is 2.47. The molecule has 0 spiro atoms. The molecule has 0 unspecified atom stereocenters. The SMILES string of the molecule is CCNc1ccccc1C(=O)N(C)C1CCN(C)CC1. The molecule has 0 atom stereocenters. The summed E-state index contributed by atoms with van der Waals surface area (Å²) in [4.78, 5) is 16.9. The van der Waals surface area contributed by atoms with Gasteiger partial charge in [-0.3, -0.25) is 4.79 Å². The summed E-state index contributed by atoms with van der Waals surface area (Å²) >= 11 is 0. The van der Waals surface area contributed by atoms with Crippen LogP contribution in [0.4, 0.5) is 5.69 Å². The minimum atomic E-state index is 0.121. The summed E-state index contributed by atoms with van der Waals surface area (Å²) < 4.78 is 0. The molecule has 1 aliphatic heterocycles. The Kier molecular flexibility index (Phi) is 5.01. The number of rotatable bonds is 4. The molecule has 1 amide bonds. The Hall–Kier alpha value is -1.55. The first-order valence-corrected chi connectivity index (χ1v) is 7.42. The molecule has 110 valence electrons. The molecule has 1 aliphatic rings. The topological polar surface area (TPSA) is 35.6 Å². The van der Waals surface area contributed by atoms with Crippen molar-refractivity contribution < 1.29 is 4.79 Å². The zero-order chi connectivity index (χ0) is 14.5. The number of hydrogen-bond donors (Lipinski definition) is 1. The Bertz CT molecular complexity index is 453. The number of para-hydroxylation sites is 1. The summed E-state index contributed by atoms with van der Waals surface area (Å²) in [5, 5.41) is 3.27. The van der Waals surface area contributed by atoms with Crippen molar-refractivity contribution in [3.8, 4) is 0 Å². The van der Waals surface area contributed by atoms with Gasteiger partial charge < -0.3 is 15.1 Å². The van der Waals surface area contributed by atoms with Crippen molar-refractivity contribution in [2.24, 2.45) is 0 Å². The second-order valence-electron chi connectivity index (χ2n) is 5.53. The van der Waals surface area contributed by atoms with Crippen LogP contribution >= 0.6 is 0 Å². The summed E-state index contributed by atoms with van der Waals surface area (Å²) in [7, 11) is 4.07. The van der Waals surface area contributed by atoms with Gasteiger partial charge in [-0.05, 0) is 52.0 Å². The van der Waals surface area contributed by atoms with Crippen LogP contribution in [0.15, 0.2) is 24.3 Å². The number of nitrogens with one attached hydrogen (secondary N) is 1. The molecule has 20 heavy (non-hydrogen) atoms. The second-order valence-corrected chi connectivity index (χ2v) is 5.53. The number of carbonyl (C=O) groups is 1. The molecule has 4 heteroatoms. The van der Waals surface area contributed by atoms with E-state index in [9.17, 15) is 4.79 Å². The van der Waals surface area contributed by atoms with Crippen molar-refractivity contribution in [3.63, 3.8) is 0 Å². The summed E-state index contributed by atoms with van der Waals surface area (Å²) in [5.74, 6) is 0.121. The third kappa shape index (κ3) is 3.31. The minimum Gasteiger partial charge on any atom is -0.385 e. The van der Waals surface area contributed by atoms with E-state index in [1.807, 2.05) is 43.1 Å². The lowest BCUT2D eigenvalue weighted by atomic mass is 10.0. The van der Waals surface area contributed by atoms with Gasteiger partial charge in [0.05, 0.1) is 5.56 Å². The van der Waals surface area contributed by atoms with Crippen LogP contribution in [-0.2, 0) is 0 Å². The quantitative estimate of drug-likeness (QED) is 0.915. The molecule has 1 saturated heterocycles. The number of likely N-dealkylation sites (tertiary alicyclic amines) is 1. The van der Waals surface area contributed by atoms with Gasteiger partial charge in [-0.2, -0.15) is 0 Å². The van der Waals surface area contributed by atoms with Crippen molar-refractivity contribution in [1.29, 1.82) is 0 Å². The van der Waals surface area contributed by atoms with E-state index in [1.165, 1.54) is 0 Å². The molecule has 2 rings (SSSR count). The van der Waals surface area contributed by atoms with E-state index < -0.39 is 0 Å². The molecule has 1 aromatic carbocycles. The maximum absolute atomic E-state index is 12.7. The highest BCUT2D eigenvalue weighted by Crippen LogP contribution is 2.21. The lowest BCUT2D eigenvalue weighted by molar-refractivity contribution is 0.0660. The molecule has 1 N–H and O–H groups in total. The van der Waals surface area contributed by atoms with Gasteiger partial charge in [0.15, 0.2) is 0 Å². The Balaban J connectivity index is 2.10. The molecule has 0 aliphatic carbocycles. The molecule has 0 bridgehead atoms. The number of benzene rings is 1. The number of amides is 1. The van der Waals surface area contributed by atoms with Crippen LogP contribution in [-0.4, -0.2) is 55.5 Å². The molecule has 0 aromatic heterocycles. The molecular formula is C16H25N3O. The second kappa shape index (κ2) is 6.75. The van der Waals surface area contributed by atoms with Gasteiger partial charge in [-0.25, -0.2) is 0 Å². The number of nitrogens with zero attached hydrogens (tertiary/aromatic N) is 2. The van der Waals surface area contributed by atoms with Crippen molar-refractivity contribution in [1.82, 2.24) is 9.80 Å². The first-order valence-electron chi connectivity index (χ1n) is 7.42. The largest absolute Gasteiger partial charge is 0.385 e. The monoisotopic (exact) mass is 275 g/mol. The van der Waals surface area contributed by atoms with E-state index in [4.69, 9.17) is 0 Å². The fraction of sp³-hybridized carbons (Fsp3) is 0.562. The van der Waals surface area contributed by atoms with E-state index in [0.29, 0.717) is 6.04 Å². The van der Waals surface area contributed by atoms with Gasteiger partial charge in [0.2, 0.25) is 0 Å². The van der Waals surface area contributed by atoms with E-state index >= 15 is 0 Å². The van der Waals surface area contributed by atoms with E-state index in [1.54, 1.807) is 0 Å². The van der Waals surface area contributed by atoms with Crippen LogP contribution in [0.5, 0.6) is 0 Å². The molecule has 1 aromatic rings. The van der Waals surface area contributed by atoms with E-state index in [-0.39, 0.29) is 5.91 Å². The highest BCUT2D eigenvalue weighted by molar-refractivity contribution is 5.99. The Morgan fingerprint density at radius 1 is 1.35 bits per heavy atom. The van der Waals surface area contributed by atoms with Crippen LogP contribution < -0.4 is 5.32 Å². The third-order valence-electron chi connectivity index (χ3n) is 4.08. The zero-order valence-corrected chi connectivity index (χ0v) is 12.7. The fourth-order valence-corrected chi connectivity index (χ4v) is 2.75. The fourth-order valence-electron chi connectivity index (χ4n) is 2.75. The predicted molar refractivity (Wildman–Crippen MR) is 83.2 cm³/mol. The smallest absolute Gasteiger partial charge is 0.255 e. The van der Waals surface area contributed by atoms with Gasteiger partial charge in [0.1, 0.15) is 0 Å². The molecule has 1 heterocycles. The molecule has 1 fully saturated rings. The lowest BCUT2D eigenvalue weighted by Crippen LogP contribution is -2.44. The van der Waals surface area contributed by atoms with Gasteiger partial charge in [0, 0.05) is 25.3 Å². The van der Waals surface area contributed by atoms with E-state index in [0.717, 1.165) is 43.7 Å². The minimum absolute atomic E-state index is 0.121. The summed E-state index contributed by atoms with van der Waals surface area (Å²) in [6.07, 6.45) is 2.12. The standard InChI is InChI=1S/C16H25N3O/c1-4-17-15-8-6-5-7-14(15)16(20)19(3)13-9-11-18(2)12-10-13/h5-8,13,17H,4,9-12H2,1-3H3. The number of piperidine rings is 1. The molecule has 0 saturated carbocycles. The number of anilines is 1. The first kappa shape index (κ1) is 14.9. The average molecular weight is 275 g/mol. The number of hydrogen-bond acceptors (Lipinski definition) is 3. The predicted octanol–water partition coefficient (Wildman–Crippen LogP) is 2.28. The van der Waals surface area contributed by atoms with Gasteiger partial charge >= 0.3 is 0 Å². The Labute approximate surface area is 121 Å². The van der Waals surface area contributed by atoms with Crippen molar-refractivity contribution in [2.75, 3.05) is 39.0 Å². The maximum atomic E-state index is 12.7.